The molecule has 0 bridgehead atoms. The van der Waals surface area contributed by atoms with Crippen molar-refractivity contribution in [1.29, 1.82) is 0 Å². The van der Waals surface area contributed by atoms with E-state index in [1.807, 2.05) is 12.2 Å². The monoisotopic (exact) mass is 635 g/mol. The number of quaternary nitrogens is 1. The number of carboxylic acids is 1. The standard InChI is InChI=1S/C37H65NO7/c1-6-8-10-12-14-15-16-17-18-19-20-22-23-25-27-35(39)44-32-33(31-43-30-29-34(37(41)42)38(3,4)5)45-36(40)28-26-24-21-13-11-9-7-2/h9,11,18-19,21,24,33-34H,6-8,10,12-17,20,22-23,25-32H2,1-5H3/b11-9+,19-18+,24-21+. The highest BCUT2D eigenvalue weighted by Crippen LogP contribution is 2.11. The Morgan fingerprint density at radius 3 is 1.91 bits per heavy atom. The van der Waals surface area contributed by atoms with Crippen LogP contribution in [0.4, 0.5) is 0 Å². The van der Waals surface area contributed by atoms with Crippen molar-refractivity contribution in [2.24, 2.45) is 0 Å². The van der Waals surface area contributed by atoms with Crippen LogP contribution >= 0.6 is 0 Å². The molecule has 260 valence electrons. The number of rotatable bonds is 30. The van der Waals surface area contributed by atoms with Crippen molar-refractivity contribution in [1.82, 2.24) is 0 Å². The molecule has 0 saturated heterocycles. The number of hydrogen-bond acceptors (Lipinski definition) is 7. The number of carbonyl (C=O) groups is 3. The van der Waals surface area contributed by atoms with Crippen molar-refractivity contribution in [2.45, 2.75) is 142 Å². The Kier molecular flexibility index (Phi) is 27.4. The van der Waals surface area contributed by atoms with Gasteiger partial charge in [-0.05, 0) is 51.4 Å². The third-order valence-electron chi connectivity index (χ3n) is 7.52. The third kappa shape index (κ3) is 27.6. The van der Waals surface area contributed by atoms with Crippen molar-refractivity contribution in [3.8, 4) is 0 Å². The number of ether oxygens (including phenoxy) is 3. The lowest BCUT2D eigenvalue weighted by Crippen LogP contribution is -2.55. The fourth-order valence-electron chi connectivity index (χ4n) is 4.77. The van der Waals surface area contributed by atoms with E-state index in [0.29, 0.717) is 12.8 Å². The lowest BCUT2D eigenvalue weighted by molar-refractivity contribution is -0.889. The molecule has 0 aromatic rings. The molecular weight excluding hydrogens is 570 g/mol. The van der Waals surface area contributed by atoms with Gasteiger partial charge in [0.2, 0.25) is 0 Å². The van der Waals surface area contributed by atoms with Crippen LogP contribution in [0.25, 0.3) is 0 Å². The predicted octanol–water partition coefficient (Wildman–Crippen LogP) is 7.01. The van der Waals surface area contributed by atoms with E-state index in [2.05, 4.69) is 38.2 Å². The second kappa shape index (κ2) is 29.0. The molecule has 8 nitrogen and oxygen atoms in total. The van der Waals surface area contributed by atoms with Crippen LogP contribution in [0.2, 0.25) is 0 Å². The highest BCUT2D eigenvalue weighted by Gasteiger charge is 2.25. The summed E-state index contributed by atoms with van der Waals surface area (Å²) in [5, 5.41) is 11.5. The Bertz CT molecular complexity index is 844. The van der Waals surface area contributed by atoms with E-state index in [9.17, 15) is 19.5 Å². The molecule has 0 N–H and O–H groups in total. The molecule has 0 aromatic carbocycles. The van der Waals surface area contributed by atoms with E-state index in [1.165, 1.54) is 44.9 Å². The molecule has 2 atom stereocenters. The molecule has 0 aromatic heterocycles. The number of carbonyl (C=O) groups excluding carboxylic acids is 3. The summed E-state index contributed by atoms with van der Waals surface area (Å²) in [7, 11) is 5.36. The molecule has 0 rings (SSSR count). The van der Waals surface area contributed by atoms with Gasteiger partial charge in [0, 0.05) is 19.3 Å². The van der Waals surface area contributed by atoms with Gasteiger partial charge in [0.15, 0.2) is 6.10 Å². The lowest BCUT2D eigenvalue weighted by atomic mass is 10.1. The number of hydrogen-bond donors (Lipinski definition) is 0. The van der Waals surface area contributed by atoms with Crippen LogP contribution in [0.1, 0.15) is 129 Å². The Morgan fingerprint density at radius 1 is 0.689 bits per heavy atom. The van der Waals surface area contributed by atoms with Gasteiger partial charge in [-0.2, -0.15) is 0 Å². The fourth-order valence-corrected chi connectivity index (χ4v) is 4.77. The summed E-state index contributed by atoms with van der Waals surface area (Å²) < 4.78 is 16.9. The number of likely N-dealkylation sites (N-methyl/N-ethyl adjacent to an activating group) is 1. The van der Waals surface area contributed by atoms with E-state index in [4.69, 9.17) is 14.2 Å². The molecule has 0 saturated carbocycles. The topological polar surface area (TPSA) is 102 Å². The van der Waals surface area contributed by atoms with Gasteiger partial charge in [-0.1, -0.05) is 95.2 Å². The van der Waals surface area contributed by atoms with Crippen LogP contribution in [0.15, 0.2) is 36.5 Å². The first-order chi connectivity index (χ1) is 21.6. The van der Waals surface area contributed by atoms with E-state index in [0.717, 1.165) is 44.9 Å². The zero-order chi connectivity index (χ0) is 33.6. The zero-order valence-electron chi connectivity index (χ0n) is 29.3. The summed E-state index contributed by atoms with van der Waals surface area (Å²) in [6.07, 6.45) is 29.3. The van der Waals surface area contributed by atoms with E-state index in [-0.39, 0.29) is 43.1 Å². The smallest absolute Gasteiger partial charge is 0.306 e. The summed E-state index contributed by atoms with van der Waals surface area (Å²) in [4.78, 5) is 36.3. The molecule has 0 aliphatic carbocycles. The molecule has 0 spiro atoms. The minimum Gasteiger partial charge on any atom is -0.544 e. The largest absolute Gasteiger partial charge is 0.544 e. The highest BCUT2D eigenvalue weighted by molar-refractivity contribution is 5.70. The summed E-state index contributed by atoms with van der Waals surface area (Å²) in [5.41, 5.74) is 0. The van der Waals surface area contributed by atoms with Gasteiger partial charge in [-0.25, -0.2) is 0 Å². The van der Waals surface area contributed by atoms with Crippen LogP contribution in [0, 0.1) is 0 Å². The van der Waals surface area contributed by atoms with Gasteiger partial charge in [0.1, 0.15) is 12.6 Å². The van der Waals surface area contributed by atoms with Gasteiger partial charge in [0.25, 0.3) is 0 Å². The average molecular weight is 636 g/mol. The van der Waals surface area contributed by atoms with E-state index < -0.39 is 24.1 Å². The maximum atomic E-state index is 12.5. The molecule has 0 amide bonds. The SMILES string of the molecule is CC/C=C/C/C=C/CCC(=O)OC(COCCC(C(=O)[O-])[N+](C)(C)C)COC(=O)CCCCC/C=C/CCCCCCCCC. The van der Waals surface area contributed by atoms with Crippen LogP contribution < -0.4 is 5.11 Å². The Balaban J connectivity index is 4.45. The van der Waals surface area contributed by atoms with Crippen molar-refractivity contribution in [3.05, 3.63) is 36.5 Å². The van der Waals surface area contributed by atoms with Crippen molar-refractivity contribution in [3.63, 3.8) is 0 Å². The minimum atomic E-state index is -1.14. The fraction of sp³-hybridized carbons (Fsp3) is 0.757. The van der Waals surface area contributed by atoms with E-state index >= 15 is 0 Å². The van der Waals surface area contributed by atoms with Crippen molar-refractivity contribution >= 4 is 17.9 Å². The molecule has 0 heterocycles. The summed E-state index contributed by atoms with van der Waals surface area (Å²) in [5.74, 6) is -1.86. The van der Waals surface area contributed by atoms with Crippen LogP contribution in [0.3, 0.4) is 0 Å². The lowest BCUT2D eigenvalue weighted by Gasteiger charge is -2.34. The zero-order valence-corrected chi connectivity index (χ0v) is 29.3. The van der Waals surface area contributed by atoms with Crippen LogP contribution in [0.5, 0.6) is 0 Å². The van der Waals surface area contributed by atoms with E-state index in [1.54, 1.807) is 21.1 Å². The summed E-state index contributed by atoms with van der Waals surface area (Å²) >= 11 is 0. The average Bonchev–Trinajstić information content (AvgIpc) is 2.98. The van der Waals surface area contributed by atoms with Crippen molar-refractivity contribution in [2.75, 3.05) is 41.0 Å². The number of unbranched alkanes of at least 4 members (excludes halogenated alkanes) is 10. The van der Waals surface area contributed by atoms with Gasteiger partial charge in [-0.15, -0.1) is 0 Å². The molecule has 8 heteroatoms. The van der Waals surface area contributed by atoms with Gasteiger partial charge < -0.3 is 28.6 Å². The first-order valence-corrected chi connectivity index (χ1v) is 17.5. The maximum absolute atomic E-state index is 12.5. The minimum absolute atomic E-state index is 0.0127. The summed E-state index contributed by atoms with van der Waals surface area (Å²) in [6.45, 7) is 4.40. The van der Waals surface area contributed by atoms with Gasteiger partial charge in [-0.3, -0.25) is 9.59 Å². The molecule has 45 heavy (non-hydrogen) atoms. The van der Waals surface area contributed by atoms with Crippen LogP contribution in [-0.4, -0.2) is 75.5 Å². The first-order valence-electron chi connectivity index (χ1n) is 17.5. The Labute approximate surface area is 274 Å². The third-order valence-corrected chi connectivity index (χ3v) is 7.52. The number of nitrogens with zero attached hydrogens (tertiary/aromatic N) is 1. The first kappa shape index (κ1) is 42.6. The maximum Gasteiger partial charge on any atom is 0.306 e. The molecule has 2 unspecified atom stereocenters. The Hall–Kier alpha value is -2.45. The van der Waals surface area contributed by atoms with Crippen LogP contribution in [-0.2, 0) is 28.6 Å². The molecular formula is C37H65NO7. The molecule has 0 aliphatic heterocycles. The normalized spacial score (nSPS) is 13.5. The molecule has 0 radical (unpaired) electrons. The quantitative estimate of drug-likeness (QED) is 0.0362. The van der Waals surface area contributed by atoms with Gasteiger partial charge in [0.05, 0.1) is 40.3 Å². The number of aliphatic carboxylic acids is 1. The number of esters is 2. The molecule has 0 aliphatic rings. The second-order valence-corrected chi connectivity index (χ2v) is 12.7. The number of carboxylic acid groups (broad SMARTS) is 1. The number of allylic oxidation sites excluding steroid dienone is 6. The Morgan fingerprint density at radius 2 is 1.29 bits per heavy atom. The second-order valence-electron chi connectivity index (χ2n) is 12.7. The van der Waals surface area contributed by atoms with Crippen molar-refractivity contribution < 1.29 is 38.2 Å². The summed E-state index contributed by atoms with van der Waals surface area (Å²) in [6, 6.07) is -0.733. The highest BCUT2D eigenvalue weighted by atomic mass is 16.6. The molecule has 0 fully saturated rings. The predicted molar refractivity (Wildman–Crippen MR) is 180 cm³/mol. The van der Waals surface area contributed by atoms with Gasteiger partial charge >= 0.3 is 11.9 Å².